The zero-order valence-electron chi connectivity index (χ0n) is 11.8. The number of nitrogens with zero attached hydrogens (tertiary/aromatic N) is 2. The first-order valence-electron chi connectivity index (χ1n) is 7.01. The molecule has 0 spiro atoms. The molecular formula is C15H23N3O. The monoisotopic (exact) mass is 261 g/mol. The summed E-state index contributed by atoms with van der Waals surface area (Å²) < 4.78 is 0. The van der Waals surface area contributed by atoms with Crippen LogP contribution in [0.25, 0.3) is 0 Å². The van der Waals surface area contributed by atoms with Gasteiger partial charge in [-0.2, -0.15) is 0 Å². The number of likely N-dealkylation sites (tertiary alicyclic amines) is 1. The molecule has 1 aliphatic rings. The normalized spacial score (nSPS) is 21.2. The lowest BCUT2D eigenvalue weighted by molar-refractivity contribution is -0.132. The summed E-state index contributed by atoms with van der Waals surface area (Å²) in [6, 6.07) is 4.09. The summed E-state index contributed by atoms with van der Waals surface area (Å²) in [6.07, 6.45) is 4.43. The molecule has 4 nitrogen and oxygen atoms in total. The number of nitrogens with two attached hydrogens (primary N) is 1. The summed E-state index contributed by atoms with van der Waals surface area (Å²) in [5.74, 6) is 0.629. The highest BCUT2D eigenvalue weighted by Gasteiger charge is 2.25. The van der Waals surface area contributed by atoms with Gasteiger partial charge in [-0.15, -0.1) is 0 Å². The minimum absolute atomic E-state index is 0.164. The van der Waals surface area contributed by atoms with Gasteiger partial charge in [0.15, 0.2) is 0 Å². The van der Waals surface area contributed by atoms with Crippen molar-refractivity contribution in [2.24, 2.45) is 11.7 Å². The maximum Gasteiger partial charge on any atom is 0.227 e. The summed E-state index contributed by atoms with van der Waals surface area (Å²) >= 11 is 0. The predicted molar refractivity (Wildman–Crippen MR) is 75.6 cm³/mol. The predicted octanol–water partition coefficient (Wildman–Crippen LogP) is 1.52. The molecule has 2 atom stereocenters. The standard InChI is InChI=1S/C15H23N3O/c1-11-5-6-13(9-17-11)8-15(19)18-7-3-4-14(10-18)12(2)16/h5-6,9,12,14H,3-4,7-8,10,16H2,1-2H3/t12-,14-/m1/s1. The molecule has 1 amide bonds. The molecule has 0 aliphatic carbocycles. The summed E-state index contributed by atoms with van der Waals surface area (Å²) in [4.78, 5) is 18.5. The molecule has 1 saturated heterocycles. The van der Waals surface area contributed by atoms with Gasteiger partial charge in [-0.3, -0.25) is 9.78 Å². The van der Waals surface area contributed by atoms with Gasteiger partial charge in [-0.25, -0.2) is 0 Å². The molecule has 1 aromatic heterocycles. The second-order valence-corrected chi connectivity index (χ2v) is 5.59. The first-order valence-corrected chi connectivity index (χ1v) is 7.01. The molecule has 0 bridgehead atoms. The van der Waals surface area contributed by atoms with Crippen molar-refractivity contribution in [1.29, 1.82) is 0 Å². The zero-order chi connectivity index (χ0) is 13.8. The molecule has 2 N–H and O–H groups in total. The van der Waals surface area contributed by atoms with Crippen LogP contribution < -0.4 is 5.73 Å². The average Bonchev–Trinajstić information content (AvgIpc) is 2.41. The van der Waals surface area contributed by atoms with E-state index in [9.17, 15) is 4.79 Å². The van der Waals surface area contributed by atoms with Crippen molar-refractivity contribution in [2.75, 3.05) is 13.1 Å². The van der Waals surface area contributed by atoms with Crippen LogP contribution in [0.3, 0.4) is 0 Å². The number of aromatic nitrogens is 1. The van der Waals surface area contributed by atoms with E-state index in [1.165, 1.54) is 0 Å². The van der Waals surface area contributed by atoms with E-state index in [4.69, 9.17) is 5.73 Å². The Balaban J connectivity index is 1.94. The number of hydrogen-bond donors (Lipinski definition) is 1. The smallest absolute Gasteiger partial charge is 0.227 e. The fourth-order valence-corrected chi connectivity index (χ4v) is 2.56. The van der Waals surface area contributed by atoms with E-state index >= 15 is 0 Å². The molecule has 0 saturated carbocycles. The quantitative estimate of drug-likeness (QED) is 0.897. The van der Waals surface area contributed by atoms with E-state index in [2.05, 4.69) is 4.98 Å². The molecule has 19 heavy (non-hydrogen) atoms. The third-order valence-electron chi connectivity index (χ3n) is 3.88. The third-order valence-corrected chi connectivity index (χ3v) is 3.88. The minimum atomic E-state index is 0.164. The Bertz CT molecular complexity index is 428. The average molecular weight is 261 g/mol. The van der Waals surface area contributed by atoms with Crippen molar-refractivity contribution in [3.8, 4) is 0 Å². The molecule has 104 valence electrons. The van der Waals surface area contributed by atoms with Crippen molar-refractivity contribution in [2.45, 2.75) is 39.2 Å². The van der Waals surface area contributed by atoms with E-state index in [1.54, 1.807) is 6.20 Å². The van der Waals surface area contributed by atoms with Gasteiger partial charge in [0.2, 0.25) is 5.91 Å². The van der Waals surface area contributed by atoms with Gasteiger partial charge in [-0.1, -0.05) is 6.07 Å². The van der Waals surface area contributed by atoms with Crippen LogP contribution in [0.4, 0.5) is 0 Å². The van der Waals surface area contributed by atoms with Crippen LogP contribution in [0.5, 0.6) is 0 Å². The van der Waals surface area contributed by atoms with Crippen LogP contribution in [0.15, 0.2) is 18.3 Å². The van der Waals surface area contributed by atoms with Crippen LogP contribution in [0, 0.1) is 12.8 Å². The number of carbonyl (C=O) groups excluding carboxylic acids is 1. The van der Waals surface area contributed by atoms with Crippen LogP contribution in [0.2, 0.25) is 0 Å². The van der Waals surface area contributed by atoms with Crippen molar-refractivity contribution >= 4 is 5.91 Å². The van der Waals surface area contributed by atoms with Gasteiger partial charge in [0.05, 0.1) is 6.42 Å². The third kappa shape index (κ3) is 3.77. The van der Waals surface area contributed by atoms with Crippen molar-refractivity contribution in [1.82, 2.24) is 9.88 Å². The summed E-state index contributed by atoms with van der Waals surface area (Å²) in [6.45, 7) is 5.64. The lowest BCUT2D eigenvalue weighted by Crippen LogP contribution is -2.45. The SMILES string of the molecule is Cc1ccc(CC(=O)N2CCC[C@@H]([C@@H](C)N)C2)cn1. The van der Waals surface area contributed by atoms with Gasteiger partial charge < -0.3 is 10.6 Å². The maximum atomic E-state index is 12.3. The van der Waals surface area contributed by atoms with Gasteiger partial charge >= 0.3 is 0 Å². The molecular weight excluding hydrogens is 238 g/mol. The van der Waals surface area contributed by atoms with Gasteiger partial charge in [0.25, 0.3) is 0 Å². The summed E-state index contributed by atoms with van der Waals surface area (Å²) in [5.41, 5.74) is 7.91. The van der Waals surface area contributed by atoms with Crippen LogP contribution in [0.1, 0.15) is 31.0 Å². The number of aryl methyl sites for hydroxylation is 1. The number of hydrogen-bond acceptors (Lipinski definition) is 3. The minimum Gasteiger partial charge on any atom is -0.342 e. The molecule has 0 radical (unpaired) electrons. The van der Waals surface area contributed by atoms with Crippen LogP contribution in [-0.4, -0.2) is 34.9 Å². The molecule has 0 unspecified atom stereocenters. The second-order valence-electron chi connectivity index (χ2n) is 5.59. The number of carbonyl (C=O) groups is 1. The summed E-state index contributed by atoms with van der Waals surface area (Å²) in [5, 5.41) is 0. The van der Waals surface area contributed by atoms with E-state index in [0.717, 1.165) is 37.2 Å². The van der Waals surface area contributed by atoms with Crippen molar-refractivity contribution < 1.29 is 4.79 Å². The second kappa shape index (κ2) is 6.15. The highest BCUT2D eigenvalue weighted by atomic mass is 16.2. The van der Waals surface area contributed by atoms with Crippen LogP contribution in [-0.2, 0) is 11.2 Å². The summed E-state index contributed by atoms with van der Waals surface area (Å²) in [7, 11) is 0. The molecule has 2 heterocycles. The fourth-order valence-electron chi connectivity index (χ4n) is 2.56. The van der Waals surface area contributed by atoms with E-state index in [-0.39, 0.29) is 11.9 Å². The van der Waals surface area contributed by atoms with Gasteiger partial charge in [0, 0.05) is 31.0 Å². The van der Waals surface area contributed by atoms with E-state index in [1.807, 2.05) is 30.9 Å². The Kier molecular flexibility index (Phi) is 4.53. The highest BCUT2D eigenvalue weighted by molar-refractivity contribution is 5.78. The Morgan fingerprint density at radius 1 is 1.58 bits per heavy atom. The van der Waals surface area contributed by atoms with Gasteiger partial charge in [0.1, 0.15) is 0 Å². The maximum absolute atomic E-state index is 12.3. The Morgan fingerprint density at radius 2 is 2.37 bits per heavy atom. The topological polar surface area (TPSA) is 59.2 Å². The molecule has 1 fully saturated rings. The van der Waals surface area contributed by atoms with Crippen molar-refractivity contribution in [3.63, 3.8) is 0 Å². The lowest BCUT2D eigenvalue weighted by Gasteiger charge is -2.34. The number of amides is 1. The Labute approximate surface area is 115 Å². The zero-order valence-corrected chi connectivity index (χ0v) is 11.8. The largest absolute Gasteiger partial charge is 0.342 e. The first kappa shape index (κ1) is 14.0. The number of rotatable bonds is 3. The number of piperidine rings is 1. The number of pyridine rings is 1. The lowest BCUT2D eigenvalue weighted by atomic mass is 9.92. The molecule has 1 aliphatic heterocycles. The molecule has 1 aromatic rings. The molecule has 0 aromatic carbocycles. The van der Waals surface area contributed by atoms with E-state index in [0.29, 0.717) is 12.3 Å². The Morgan fingerprint density at radius 3 is 3.00 bits per heavy atom. The van der Waals surface area contributed by atoms with Gasteiger partial charge in [-0.05, 0) is 44.2 Å². The molecule has 2 rings (SSSR count). The molecule has 4 heteroatoms. The first-order chi connectivity index (χ1) is 9.06. The Hall–Kier alpha value is -1.42. The van der Waals surface area contributed by atoms with Crippen LogP contribution >= 0.6 is 0 Å². The fraction of sp³-hybridized carbons (Fsp3) is 0.600. The van der Waals surface area contributed by atoms with Crippen molar-refractivity contribution in [3.05, 3.63) is 29.6 Å². The van der Waals surface area contributed by atoms with E-state index < -0.39 is 0 Å². The highest BCUT2D eigenvalue weighted by Crippen LogP contribution is 2.19.